The number of rotatable bonds is 26. The molecular weight excluding hydrogens is 582 g/mol. The molecule has 0 saturated carbocycles. The standard InChI is InChI=1S/C34H47NO10/c1-37-12-14-39-16-18-41-20-21-43-27-33(44-23-22-42-19-17-40-15-13-38-2)26-35-31-11-10-28-24-30(9-8-29(28)25-31)34(36)45-32-6-4-3-5-7-32/h3-11,24-25,33,35H,12-23,26-27H2,1-2H3/t33-/m0/s1. The van der Waals surface area contributed by atoms with Gasteiger partial charge in [0.1, 0.15) is 5.75 Å². The summed E-state index contributed by atoms with van der Waals surface area (Å²) in [5.74, 6) is 0.117. The molecule has 11 heteroatoms. The van der Waals surface area contributed by atoms with Gasteiger partial charge >= 0.3 is 5.97 Å². The SMILES string of the molecule is COCCOCCOCCOC[C@H](CNc1ccc2cc(C(=O)Oc3ccccc3)ccc2c1)OCCOCCOCCOC. The summed E-state index contributed by atoms with van der Waals surface area (Å²) in [5.41, 5.74) is 1.42. The van der Waals surface area contributed by atoms with Crippen molar-refractivity contribution in [3.63, 3.8) is 0 Å². The number of nitrogens with one attached hydrogen (secondary N) is 1. The number of benzene rings is 3. The molecule has 0 aliphatic heterocycles. The number of methoxy groups -OCH3 is 2. The van der Waals surface area contributed by atoms with Crippen molar-refractivity contribution >= 4 is 22.4 Å². The van der Waals surface area contributed by atoms with Crippen LogP contribution in [0.3, 0.4) is 0 Å². The summed E-state index contributed by atoms with van der Waals surface area (Å²) in [7, 11) is 3.28. The van der Waals surface area contributed by atoms with E-state index in [1.807, 2.05) is 48.5 Å². The van der Waals surface area contributed by atoms with E-state index in [1.54, 1.807) is 32.4 Å². The van der Waals surface area contributed by atoms with Crippen molar-refractivity contribution < 1.29 is 47.4 Å². The van der Waals surface area contributed by atoms with Gasteiger partial charge in [0.25, 0.3) is 0 Å². The Morgan fingerprint density at radius 3 is 1.82 bits per heavy atom. The maximum Gasteiger partial charge on any atom is 0.343 e. The third-order valence-electron chi connectivity index (χ3n) is 6.43. The van der Waals surface area contributed by atoms with E-state index in [-0.39, 0.29) is 6.10 Å². The first-order valence-electron chi connectivity index (χ1n) is 15.2. The third-order valence-corrected chi connectivity index (χ3v) is 6.43. The van der Waals surface area contributed by atoms with Crippen molar-refractivity contribution in [2.45, 2.75) is 6.10 Å². The van der Waals surface area contributed by atoms with Crippen LogP contribution in [0, 0.1) is 0 Å². The molecule has 3 rings (SSSR count). The van der Waals surface area contributed by atoms with Crippen LogP contribution in [0.4, 0.5) is 5.69 Å². The van der Waals surface area contributed by atoms with Crippen LogP contribution in [-0.4, -0.2) is 119 Å². The highest BCUT2D eigenvalue weighted by Gasteiger charge is 2.12. The molecule has 1 atom stereocenters. The summed E-state index contributed by atoms with van der Waals surface area (Å²) >= 11 is 0. The molecule has 0 heterocycles. The lowest BCUT2D eigenvalue weighted by Gasteiger charge is -2.20. The van der Waals surface area contributed by atoms with Crippen molar-refractivity contribution in [2.75, 3.05) is 112 Å². The average molecular weight is 630 g/mol. The van der Waals surface area contributed by atoms with Crippen LogP contribution in [-0.2, 0) is 37.9 Å². The largest absolute Gasteiger partial charge is 0.423 e. The van der Waals surface area contributed by atoms with Gasteiger partial charge in [-0.15, -0.1) is 0 Å². The molecule has 0 aliphatic carbocycles. The summed E-state index contributed by atoms with van der Waals surface area (Å²) < 4.78 is 49.3. The first-order valence-corrected chi connectivity index (χ1v) is 15.2. The second-order valence-corrected chi connectivity index (χ2v) is 9.86. The average Bonchev–Trinajstić information content (AvgIpc) is 3.07. The van der Waals surface area contributed by atoms with Gasteiger partial charge in [0.2, 0.25) is 0 Å². The van der Waals surface area contributed by atoms with E-state index in [0.717, 1.165) is 16.5 Å². The lowest BCUT2D eigenvalue weighted by molar-refractivity contribution is -0.0505. The first kappa shape index (κ1) is 36.3. The lowest BCUT2D eigenvalue weighted by atomic mass is 10.1. The Hall–Kier alpha value is -3.13. The predicted molar refractivity (Wildman–Crippen MR) is 171 cm³/mol. The minimum Gasteiger partial charge on any atom is -0.423 e. The van der Waals surface area contributed by atoms with Crippen molar-refractivity contribution in [1.29, 1.82) is 0 Å². The fourth-order valence-corrected chi connectivity index (χ4v) is 4.07. The summed E-state index contributed by atoms with van der Waals surface area (Å²) in [6.45, 7) is 6.92. The number of ether oxygens (including phenoxy) is 9. The number of carbonyl (C=O) groups is 1. The molecule has 0 aromatic heterocycles. The van der Waals surface area contributed by atoms with Gasteiger partial charge in [-0.25, -0.2) is 4.79 Å². The first-order chi connectivity index (χ1) is 22.2. The quantitative estimate of drug-likeness (QED) is 0.0782. The smallest absolute Gasteiger partial charge is 0.343 e. The van der Waals surface area contributed by atoms with E-state index < -0.39 is 5.97 Å². The zero-order chi connectivity index (χ0) is 31.8. The molecule has 0 radical (unpaired) electrons. The summed E-state index contributed by atoms with van der Waals surface area (Å²) in [6, 6.07) is 20.5. The number of fused-ring (bicyclic) bond motifs is 1. The van der Waals surface area contributed by atoms with Gasteiger partial charge in [-0.1, -0.05) is 30.3 Å². The number of anilines is 1. The van der Waals surface area contributed by atoms with Gasteiger partial charge in [0.15, 0.2) is 0 Å². The minimum absolute atomic E-state index is 0.213. The molecule has 0 spiro atoms. The molecule has 248 valence electrons. The number of para-hydroxylation sites is 1. The number of carbonyl (C=O) groups excluding carboxylic acids is 1. The number of hydrogen-bond acceptors (Lipinski definition) is 11. The molecule has 0 unspecified atom stereocenters. The minimum atomic E-state index is -0.395. The van der Waals surface area contributed by atoms with Crippen molar-refractivity contribution in [3.05, 3.63) is 72.3 Å². The van der Waals surface area contributed by atoms with E-state index in [1.165, 1.54) is 0 Å². The normalized spacial score (nSPS) is 12.0. The Balaban J connectivity index is 1.44. The molecule has 0 fully saturated rings. The summed E-state index contributed by atoms with van der Waals surface area (Å²) in [5, 5.41) is 5.38. The van der Waals surface area contributed by atoms with E-state index in [4.69, 9.17) is 42.6 Å². The van der Waals surface area contributed by atoms with E-state index in [0.29, 0.717) is 104 Å². The van der Waals surface area contributed by atoms with Crippen LogP contribution < -0.4 is 10.1 Å². The summed E-state index contributed by atoms with van der Waals surface area (Å²) in [6.07, 6.45) is -0.213. The molecule has 45 heavy (non-hydrogen) atoms. The second kappa shape index (κ2) is 23.2. The molecule has 3 aromatic rings. The zero-order valence-corrected chi connectivity index (χ0v) is 26.4. The van der Waals surface area contributed by atoms with Crippen molar-refractivity contribution in [2.24, 2.45) is 0 Å². The Labute approximate surface area is 265 Å². The Morgan fingerprint density at radius 1 is 0.622 bits per heavy atom. The fourth-order valence-electron chi connectivity index (χ4n) is 4.07. The van der Waals surface area contributed by atoms with Gasteiger partial charge in [0, 0.05) is 26.5 Å². The molecule has 0 bridgehead atoms. The predicted octanol–water partition coefficient (Wildman–Crippen LogP) is 4.23. The van der Waals surface area contributed by atoms with Crippen LogP contribution in [0.5, 0.6) is 5.75 Å². The van der Waals surface area contributed by atoms with Crippen LogP contribution in [0.25, 0.3) is 10.8 Å². The van der Waals surface area contributed by atoms with Gasteiger partial charge in [0.05, 0.1) is 97.6 Å². The Morgan fingerprint density at radius 2 is 1.18 bits per heavy atom. The second-order valence-electron chi connectivity index (χ2n) is 9.86. The maximum atomic E-state index is 12.6. The van der Waals surface area contributed by atoms with E-state index in [9.17, 15) is 4.79 Å². The lowest BCUT2D eigenvalue weighted by Crippen LogP contribution is -2.30. The molecule has 0 saturated heterocycles. The van der Waals surface area contributed by atoms with E-state index >= 15 is 0 Å². The van der Waals surface area contributed by atoms with E-state index in [2.05, 4.69) is 5.32 Å². The number of hydrogen-bond donors (Lipinski definition) is 1. The monoisotopic (exact) mass is 629 g/mol. The van der Waals surface area contributed by atoms with Crippen LogP contribution in [0.15, 0.2) is 66.7 Å². The maximum absolute atomic E-state index is 12.6. The van der Waals surface area contributed by atoms with Crippen LogP contribution in [0.1, 0.15) is 10.4 Å². The highest BCUT2D eigenvalue weighted by atomic mass is 16.6. The van der Waals surface area contributed by atoms with Crippen LogP contribution in [0.2, 0.25) is 0 Å². The molecular formula is C34H47NO10. The Bertz CT molecular complexity index is 1200. The Kier molecular flexibility index (Phi) is 18.8. The van der Waals surface area contributed by atoms with Gasteiger partial charge < -0.3 is 47.9 Å². The number of esters is 1. The van der Waals surface area contributed by atoms with Gasteiger partial charge in [-0.05, 0) is 47.2 Å². The van der Waals surface area contributed by atoms with Crippen LogP contribution >= 0.6 is 0 Å². The van der Waals surface area contributed by atoms with Gasteiger partial charge in [-0.3, -0.25) is 0 Å². The molecule has 1 N–H and O–H groups in total. The van der Waals surface area contributed by atoms with Crippen molar-refractivity contribution in [3.8, 4) is 5.75 Å². The molecule has 0 amide bonds. The summed E-state index contributed by atoms with van der Waals surface area (Å²) in [4.78, 5) is 12.6. The topological polar surface area (TPSA) is 112 Å². The molecule has 11 nitrogen and oxygen atoms in total. The highest BCUT2D eigenvalue weighted by Crippen LogP contribution is 2.22. The molecule has 3 aromatic carbocycles. The zero-order valence-electron chi connectivity index (χ0n) is 26.4. The van der Waals surface area contributed by atoms with Gasteiger partial charge in [-0.2, -0.15) is 0 Å². The van der Waals surface area contributed by atoms with Crippen molar-refractivity contribution in [1.82, 2.24) is 0 Å². The fraction of sp³-hybridized carbons (Fsp3) is 0.500. The third kappa shape index (κ3) is 15.6. The molecule has 0 aliphatic rings. The highest BCUT2D eigenvalue weighted by molar-refractivity contribution is 5.97.